The Morgan fingerprint density at radius 1 is 1.14 bits per heavy atom. The number of amides is 1. The number of pyridine rings is 1. The lowest BCUT2D eigenvalue weighted by molar-refractivity contribution is -0.142. The molecule has 4 rings (SSSR count). The van der Waals surface area contributed by atoms with Gasteiger partial charge in [-0.05, 0) is 31.9 Å². The number of nitrogens with zero attached hydrogens (tertiary/aromatic N) is 4. The zero-order valence-electron chi connectivity index (χ0n) is 16.2. The first-order chi connectivity index (χ1) is 14.1. The number of rotatable bonds is 4. The van der Waals surface area contributed by atoms with Crippen molar-refractivity contribution >= 4 is 22.8 Å². The van der Waals surface area contributed by atoms with E-state index in [1.807, 2.05) is 30.3 Å². The number of aromatic nitrogens is 4. The molecule has 2 aromatic heterocycles. The Hall–Kier alpha value is -3.29. The Kier molecular flexibility index (Phi) is 5.24. The maximum absolute atomic E-state index is 12.9. The van der Waals surface area contributed by atoms with Gasteiger partial charge >= 0.3 is 5.97 Å². The van der Waals surface area contributed by atoms with Gasteiger partial charge in [0.15, 0.2) is 5.69 Å². The highest BCUT2D eigenvalue weighted by molar-refractivity contribution is 5.94. The molecule has 0 aliphatic heterocycles. The normalized spacial score (nSPS) is 19.6. The molecule has 1 aliphatic rings. The minimum atomic E-state index is -0.862. The van der Waals surface area contributed by atoms with Crippen LogP contribution in [0.4, 0.5) is 0 Å². The van der Waals surface area contributed by atoms with E-state index >= 15 is 0 Å². The molecule has 1 aromatic carbocycles. The summed E-state index contributed by atoms with van der Waals surface area (Å²) in [7, 11) is 0. The van der Waals surface area contributed by atoms with E-state index in [1.54, 1.807) is 17.8 Å². The van der Waals surface area contributed by atoms with Gasteiger partial charge in [-0.3, -0.25) is 14.6 Å². The Bertz CT molecular complexity index is 1060. The lowest BCUT2D eigenvalue weighted by Crippen LogP contribution is -2.43. The molecule has 0 unspecified atom stereocenters. The minimum absolute atomic E-state index is 0.200. The van der Waals surface area contributed by atoms with Crippen molar-refractivity contribution in [2.75, 3.05) is 0 Å². The van der Waals surface area contributed by atoms with Gasteiger partial charge in [-0.25, -0.2) is 4.68 Å². The summed E-state index contributed by atoms with van der Waals surface area (Å²) < 4.78 is 1.60. The number of aliphatic carboxylic acids is 1. The average Bonchev–Trinajstić information content (AvgIpc) is 2.94. The number of hydrogen-bond donors (Lipinski definition) is 2. The second-order valence-electron chi connectivity index (χ2n) is 7.45. The van der Waals surface area contributed by atoms with Gasteiger partial charge in [-0.2, -0.15) is 0 Å². The fourth-order valence-electron chi connectivity index (χ4n) is 4.04. The first-order valence-electron chi connectivity index (χ1n) is 9.86. The van der Waals surface area contributed by atoms with Gasteiger partial charge in [0.1, 0.15) is 0 Å². The summed E-state index contributed by atoms with van der Waals surface area (Å²) in [6.45, 7) is 1.78. The highest BCUT2D eigenvalue weighted by atomic mass is 16.4. The van der Waals surface area contributed by atoms with E-state index in [4.69, 9.17) is 0 Å². The van der Waals surface area contributed by atoms with E-state index in [-0.39, 0.29) is 11.6 Å². The first-order valence-corrected chi connectivity index (χ1v) is 9.86. The molecule has 8 heteroatoms. The molecule has 1 aliphatic carbocycles. The Labute approximate surface area is 167 Å². The van der Waals surface area contributed by atoms with Crippen molar-refractivity contribution in [1.29, 1.82) is 0 Å². The van der Waals surface area contributed by atoms with E-state index in [2.05, 4.69) is 20.6 Å². The molecule has 8 nitrogen and oxygen atoms in total. The van der Waals surface area contributed by atoms with Crippen LogP contribution < -0.4 is 5.32 Å². The van der Waals surface area contributed by atoms with Crippen LogP contribution in [0, 0.1) is 12.8 Å². The van der Waals surface area contributed by atoms with Crippen LogP contribution in [0.3, 0.4) is 0 Å². The Balaban J connectivity index is 1.62. The van der Waals surface area contributed by atoms with Crippen molar-refractivity contribution in [2.45, 2.75) is 45.1 Å². The largest absolute Gasteiger partial charge is 0.481 e. The SMILES string of the molecule is Cc1c(C(=O)N[C@H]2CCCCC[C@H]2C(=O)O)nnn1-c1cccc2cccnc12. The molecule has 0 radical (unpaired) electrons. The molecule has 150 valence electrons. The number of carboxylic acid groups (broad SMARTS) is 1. The van der Waals surface area contributed by atoms with E-state index < -0.39 is 17.9 Å². The van der Waals surface area contributed by atoms with Crippen LogP contribution >= 0.6 is 0 Å². The molecule has 29 heavy (non-hydrogen) atoms. The van der Waals surface area contributed by atoms with Crippen molar-refractivity contribution in [2.24, 2.45) is 5.92 Å². The summed E-state index contributed by atoms with van der Waals surface area (Å²) in [6.07, 6.45) is 5.70. The highest BCUT2D eigenvalue weighted by Crippen LogP contribution is 2.25. The predicted octanol–water partition coefficient (Wildman–Crippen LogP) is 2.89. The molecule has 1 amide bonds. The van der Waals surface area contributed by atoms with Gasteiger partial charge in [0.2, 0.25) is 0 Å². The third-order valence-corrected chi connectivity index (χ3v) is 5.60. The number of carbonyl (C=O) groups excluding carboxylic acids is 1. The van der Waals surface area contributed by atoms with E-state index in [0.717, 1.165) is 35.9 Å². The van der Waals surface area contributed by atoms with Crippen LogP contribution in [-0.4, -0.2) is 43.0 Å². The molecule has 2 N–H and O–H groups in total. The fraction of sp³-hybridized carbons (Fsp3) is 0.381. The third-order valence-electron chi connectivity index (χ3n) is 5.60. The molecule has 0 bridgehead atoms. The number of para-hydroxylation sites is 1. The molecule has 2 heterocycles. The van der Waals surface area contributed by atoms with Gasteiger partial charge in [-0.15, -0.1) is 5.10 Å². The molecule has 1 fully saturated rings. The molecule has 1 saturated carbocycles. The van der Waals surface area contributed by atoms with Gasteiger partial charge in [0.25, 0.3) is 5.91 Å². The van der Waals surface area contributed by atoms with Crippen LogP contribution in [-0.2, 0) is 4.79 Å². The van der Waals surface area contributed by atoms with Gasteiger partial charge in [0.05, 0.1) is 22.8 Å². The maximum atomic E-state index is 12.9. The number of nitrogens with one attached hydrogen (secondary N) is 1. The van der Waals surface area contributed by atoms with E-state index in [9.17, 15) is 14.7 Å². The second kappa shape index (κ2) is 7.98. The quantitative estimate of drug-likeness (QED) is 0.660. The van der Waals surface area contributed by atoms with Crippen molar-refractivity contribution in [3.8, 4) is 5.69 Å². The number of fused-ring (bicyclic) bond motifs is 1. The van der Waals surface area contributed by atoms with E-state index in [0.29, 0.717) is 18.5 Å². The van der Waals surface area contributed by atoms with Gasteiger partial charge in [-0.1, -0.05) is 42.7 Å². The van der Waals surface area contributed by atoms with Gasteiger partial charge < -0.3 is 10.4 Å². The third kappa shape index (κ3) is 3.70. The van der Waals surface area contributed by atoms with Crippen LogP contribution in [0.15, 0.2) is 36.5 Å². The summed E-state index contributed by atoms with van der Waals surface area (Å²) in [5.41, 5.74) is 2.29. The summed E-state index contributed by atoms with van der Waals surface area (Å²) in [5, 5.41) is 21.7. The summed E-state index contributed by atoms with van der Waals surface area (Å²) in [5.74, 6) is -1.82. The molecule has 3 aromatic rings. The average molecular weight is 393 g/mol. The lowest BCUT2D eigenvalue weighted by Gasteiger charge is -2.22. The summed E-state index contributed by atoms with van der Waals surface area (Å²) >= 11 is 0. The first kappa shape index (κ1) is 19.0. The molecule has 0 spiro atoms. The standard InChI is InChI=1S/C21H23N5O3/c1-13-18(20(27)23-16-10-4-2-3-9-15(16)21(28)29)24-25-26(13)17-11-5-7-14-8-6-12-22-19(14)17/h5-8,11-12,15-16H,2-4,9-10H2,1H3,(H,23,27)(H,28,29)/t15-,16+/m1/s1. The Morgan fingerprint density at radius 2 is 1.93 bits per heavy atom. The minimum Gasteiger partial charge on any atom is -0.481 e. The van der Waals surface area contributed by atoms with Crippen molar-refractivity contribution < 1.29 is 14.7 Å². The molecular formula is C21H23N5O3. The second-order valence-corrected chi connectivity index (χ2v) is 7.45. The van der Waals surface area contributed by atoms with Crippen LogP contribution in [0.2, 0.25) is 0 Å². The smallest absolute Gasteiger partial charge is 0.308 e. The van der Waals surface area contributed by atoms with Gasteiger partial charge in [0, 0.05) is 17.6 Å². The monoisotopic (exact) mass is 393 g/mol. The number of benzene rings is 1. The fourth-order valence-corrected chi connectivity index (χ4v) is 4.04. The van der Waals surface area contributed by atoms with Crippen molar-refractivity contribution in [3.63, 3.8) is 0 Å². The topological polar surface area (TPSA) is 110 Å². The van der Waals surface area contributed by atoms with Crippen LogP contribution in [0.5, 0.6) is 0 Å². The predicted molar refractivity (Wildman–Crippen MR) is 107 cm³/mol. The van der Waals surface area contributed by atoms with Crippen LogP contribution in [0.1, 0.15) is 48.3 Å². The summed E-state index contributed by atoms with van der Waals surface area (Å²) in [6, 6.07) is 9.18. The molecular weight excluding hydrogens is 370 g/mol. The lowest BCUT2D eigenvalue weighted by atomic mass is 9.94. The van der Waals surface area contributed by atoms with E-state index in [1.165, 1.54) is 0 Å². The number of carboxylic acids is 1. The van der Waals surface area contributed by atoms with Crippen molar-refractivity contribution in [1.82, 2.24) is 25.3 Å². The number of hydrogen-bond acceptors (Lipinski definition) is 5. The summed E-state index contributed by atoms with van der Waals surface area (Å²) in [4.78, 5) is 28.9. The maximum Gasteiger partial charge on any atom is 0.308 e. The molecule has 2 atom stereocenters. The zero-order chi connectivity index (χ0) is 20.4. The van der Waals surface area contributed by atoms with Crippen LogP contribution in [0.25, 0.3) is 16.6 Å². The highest BCUT2D eigenvalue weighted by Gasteiger charge is 2.32. The Morgan fingerprint density at radius 3 is 2.76 bits per heavy atom. The number of carbonyl (C=O) groups is 2. The zero-order valence-corrected chi connectivity index (χ0v) is 16.2. The van der Waals surface area contributed by atoms with Crippen molar-refractivity contribution in [3.05, 3.63) is 47.9 Å². The molecule has 0 saturated heterocycles.